The highest BCUT2D eigenvalue weighted by atomic mass is 32.2. The van der Waals surface area contributed by atoms with E-state index in [1.807, 2.05) is 79.7 Å². The second-order valence-electron chi connectivity index (χ2n) is 8.96. The summed E-state index contributed by atoms with van der Waals surface area (Å²) in [6.07, 6.45) is 0.914. The molecule has 3 aromatic carbocycles. The fraction of sp³-hybridized carbons (Fsp3) is 0.276. The first-order valence-corrected chi connectivity index (χ1v) is 13.1. The predicted molar refractivity (Wildman–Crippen MR) is 148 cm³/mol. The third-order valence-electron chi connectivity index (χ3n) is 6.16. The molecule has 0 saturated heterocycles. The van der Waals surface area contributed by atoms with Crippen LogP contribution in [0.15, 0.2) is 90.1 Å². The summed E-state index contributed by atoms with van der Waals surface area (Å²) in [5.74, 6) is 0.842. The molecule has 0 unspecified atom stereocenters. The first-order chi connectivity index (χ1) is 17.5. The number of anilines is 1. The van der Waals surface area contributed by atoms with E-state index >= 15 is 0 Å². The average molecular weight is 500 g/mol. The van der Waals surface area contributed by atoms with Crippen molar-refractivity contribution in [2.45, 2.75) is 43.3 Å². The molecule has 0 fully saturated rings. The van der Waals surface area contributed by atoms with Crippen molar-refractivity contribution in [2.24, 2.45) is 0 Å². The largest absolute Gasteiger partial charge is 0.325 e. The number of benzene rings is 3. The maximum absolute atomic E-state index is 13.3. The number of nitrogens with one attached hydrogen (secondary N) is 1. The summed E-state index contributed by atoms with van der Waals surface area (Å²) in [5, 5.41) is 12.6. The third-order valence-corrected chi connectivity index (χ3v) is 7.24. The summed E-state index contributed by atoms with van der Waals surface area (Å²) in [7, 11) is 4.12. The van der Waals surface area contributed by atoms with E-state index in [0.29, 0.717) is 6.54 Å². The Balaban J connectivity index is 1.57. The molecule has 1 heterocycles. The first kappa shape index (κ1) is 25.7. The molecule has 0 aliphatic heterocycles. The van der Waals surface area contributed by atoms with Crippen LogP contribution in [0.5, 0.6) is 0 Å². The summed E-state index contributed by atoms with van der Waals surface area (Å²) < 4.78 is 2.15. The van der Waals surface area contributed by atoms with Gasteiger partial charge in [-0.15, -0.1) is 10.2 Å². The number of carbonyl (C=O) groups is 1. The molecule has 186 valence electrons. The molecular weight excluding hydrogens is 466 g/mol. The quantitative estimate of drug-likeness (QED) is 0.266. The van der Waals surface area contributed by atoms with Crippen LogP contribution < -0.4 is 5.32 Å². The maximum Gasteiger partial charge on any atom is 0.237 e. The van der Waals surface area contributed by atoms with Gasteiger partial charge in [0.1, 0.15) is 0 Å². The van der Waals surface area contributed by atoms with E-state index in [2.05, 4.69) is 58.1 Å². The number of hydrogen-bond acceptors (Lipinski definition) is 5. The van der Waals surface area contributed by atoms with Gasteiger partial charge in [-0.1, -0.05) is 97.5 Å². The topological polar surface area (TPSA) is 63.1 Å². The Kier molecular flexibility index (Phi) is 8.57. The summed E-state index contributed by atoms with van der Waals surface area (Å²) in [4.78, 5) is 15.4. The van der Waals surface area contributed by atoms with Gasteiger partial charge in [-0.2, -0.15) is 0 Å². The number of para-hydroxylation sites is 1. The molecule has 7 heteroatoms. The molecule has 36 heavy (non-hydrogen) atoms. The van der Waals surface area contributed by atoms with Crippen LogP contribution in [0.1, 0.15) is 37.7 Å². The maximum atomic E-state index is 13.3. The molecule has 0 aliphatic carbocycles. The Labute approximate surface area is 217 Å². The summed E-state index contributed by atoms with van der Waals surface area (Å²) in [6, 6.07) is 28.4. The van der Waals surface area contributed by atoms with Gasteiger partial charge in [-0.05, 0) is 44.6 Å². The van der Waals surface area contributed by atoms with E-state index in [-0.39, 0.29) is 17.2 Å². The first-order valence-electron chi connectivity index (χ1n) is 12.2. The zero-order valence-corrected chi connectivity index (χ0v) is 22.1. The van der Waals surface area contributed by atoms with Gasteiger partial charge in [-0.25, -0.2) is 0 Å². The van der Waals surface area contributed by atoms with Gasteiger partial charge < -0.3 is 9.88 Å². The second kappa shape index (κ2) is 12.0. The van der Waals surface area contributed by atoms with Crippen molar-refractivity contribution in [1.29, 1.82) is 0 Å². The second-order valence-corrected chi connectivity index (χ2v) is 10.3. The summed E-state index contributed by atoms with van der Waals surface area (Å²) in [6.45, 7) is 4.72. The van der Waals surface area contributed by atoms with E-state index in [1.165, 1.54) is 17.3 Å². The molecule has 2 atom stereocenters. The molecule has 1 aromatic heterocycles. The van der Waals surface area contributed by atoms with Crippen LogP contribution in [0.3, 0.4) is 0 Å². The van der Waals surface area contributed by atoms with Crippen molar-refractivity contribution in [3.63, 3.8) is 0 Å². The highest BCUT2D eigenvalue weighted by molar-refractivity contribution is 8.00. The minimum Gasteiger partial charge on any atom is -0.325 e. The standard InChI is InChI=1S/C29H33N5OS/c1-5-26(33(3)4)27-31-32-29(34(27)20-22-14-8-6-9-15-22)36-21(2)28(35)30-25-19-13-12-18-24(25)23-16-10-7-11-17-23/h6-19,21,26H,5,20H2,1-4H3,(H,30,35)/t21-,26-/m0/s1. The summed E-state index contributed by atoms with van der Waals surface area (Å²) >= 11 is 1.44. The lowest BCUT2D eigenvalue weighted by Gasteiger charge is -2.23. The molecule has 1 N–H and O–H groups in total. The lowest BCUT2D eigenvalue weighted by atomic mass is 10.0. The Morgan fingerprint density at radius 3 is 2.25 bits per heavy atom. The Hall–Kier alpha value is -3.42. The van der Waals surface area contributed by atoms with Crippen molar-refractivity contribution in [2.75, 3.05) is 19.4 Å². The fourth-order valence-electron chi connectivity index (χ4n) is 4.23. The lowest BCUT2D eigenvalue weighted by Crippen LogP contribution is -2.25. The fourth-order valence-corrected chi connectivity index (χ4v) is 5.09. The molecule has 0 saturated carbocycles. The van der Waals surface area contributed by atoms with Gasteiger partial charge >= 0.3 is 0 Å². The van der Waals surface area contributed by atoms with Crippen molar-refractivity contribution in [3.8, 4) is 11.1 Å². The molecule has 0 spiro atoms. The molecule has 0 radical (unpaired) electrons. The highest BCUT2D eigenvalue weighted by Gasteiger charge is 2.25. The number of amides is 1. The minimum absolute atomic E-state index is 0.0705. The normalized spacial score (nSPS) is 12.9. The van der Waals surface area contributed by atoms with Crippen LogP contribution in [-0.4, -0.2) is 44.9 Å². The number of aromatic nitrogens is 3. The van der Waals surface area contributed by atoms with Crippen LogP contribution in [0.2, 0.25) is 0 Å². The number of nitrogens with zero attached hydrogens (tertiary/aromatic N) is 4. The van der Waals surface area contributed by atoms with Crippen molar-refractivity contribution in [1.82, 2.24) is 19.7 Å². The van der Waals surface area contributed by atoms with Gasteiger partial charge in [0, 0.05) is 11.3 Å². The van der Waals surface area contributed by atoms with Gasteiger partial charge in [-0.3, -0.25) is 9.69 Å². The van der Waals surface area contributed by atoms with Crippen LogP contribution in [-0.2, 0) is 11.3 Å². The SMILES string of the molecule is CC[C@@H](c1nnc(S[C@@H](C)C(=O)Nc2ccccc2-c2ccccc2)n1Cc1ccccc1)N(C)C. The minimum atomic E-state index is -0.361. The molecule has 0 bridgehead atoms. The smallest absolute Gasteiger partial charge is 0.237 e. The predicted octanol–water partition coefficient (Wildman–Crippen LogP) is 6.13. The van der Waals surface area contributed by atoms with Crippen LogP contribution >= 0.6 is 11.8 Å². The molecular formula is C29H33N5OS. The Morgan fingerprint density at radius 1 is 0.944 bits per heavy atom. The van der Waals surface area contributed by atoms with Gasteiger partial charge in [0.25, 0.3) is 0 Å². The zero-order chi connectivity index (χ0) is 25.5. The molecule has 6 nitrogen and oxygen atoms in total. The van der Waals surface area contributed by atoms with Crippen LogP contribution in [0.4, 0.5) is 5.69 Å². The molecule has 4 rings (SSSR count). The van der Waals surface area contributed by atoms with E-state index in [0.717, 1.165) is 34.2 Å². The van der Waals surface area contributed by atoms with Crippen LogP contribution in [0.25, 0.3) is 11.1 Å². The average Bonchev–Trinajstić information content (AvgIpc) is 3.27. The third kappa shape index (κ3) is 6.04. The highest BCUT2D eigenvalue weighted by Crippen LogP contribution is 2.31. The molecule has 1 amide bonds. The Morgan fingerprint density at radius 2 is 1.58 bits per heavy atom. The van der Waals surface area contributed by atoms with Crippen molar-refractivity contribution in [3.05, 3.63) is 96.3 Å². The lowest BCUT2D eigenvalue weighted by molar-refractivity contribution is -0.115. The number of hydrogen-bond donors (Lipinski definition) is 1. The van der Waals surface area contributed by atoms with Gasteiger partial charge in [0.2, 0.25) is 5.91 Å². The van der Waals surface area contributed by atoms with Gasteiger partial charge in [0.05, 0.1) is 17.8 Å². The Bertz CT molecular complexity index is 1270. The van der Waals surface area contributed by atoms with E-state index in [9.17, 15) is 4.79 Å². The van der Waals surface area contributed by atoms with Crippen molar-refractivity contribution < 1.29 is 4.79 Å². The monoisotopic (exact) mass is 499 g/mol. The number of carbonyl (C=O) groups excluding carboxylic acids is 1. The van der Waals surface area contributed by atoms with E-state index in [4.69, 9.17) is 0 Å². The summed E-state index contributed by atoms with van der Waals surface area (Å²) in [5.41, 5.74) is 4.03. The number of rotatable bonds is 10. The molecule has 0 aliphatic rings. The molecule has 4 aromatic rings. The van der Waals surface area contributed by atoms with Gasteiger partial charge in [0.15, 0.2) is 11.0 Å². The number of thioether (sulfide) groups is 1. The van der Waals surface area contributed by atoms with E-state index in [1.54, 1.807) is 0 Å². The van der Waals surface area contributed by atoms with Crippen LogP contribution in [0, 0.1) is 0 Å². The van der Waals surface area contributed by atoms with E-state index < -0.39 is 0 Å². The van der Waals surface area contributed by atoms with Crippen molar-refractivity contribution >= 4 is 23.4 Å². The zero-order valence-electron chi connectivity index (χ0n) is 21.3.